The molecule has 2 aromatic rings. The minimum Gasteiger partial charge on any atom is -0.508 e. The highest BCUT2D eigenvalue weighted by Crippen LogP contribution is 2.32. The van der Waals surface area contributed by atoms with Crippen LogP contribution in [0.5, 0.6) is 5.75 Å². The number of rotatable bonds is 2. The molecule has 0 atom stereocenters. The van der Waals surface area contributed by atoms with Gasteiger partial charge >= 0.3 is 5.97 Å². The van der Waals surface area contributed by atoms with Crippen LogP contribution in [0.25, 0.3) is 0 Å². The van der Waals surface area contributed by atoms with Crippen LogP contribution in [-0.4, -0.2) is 18.2 Å². The molecule has 4 nitrogen and oxygen atoms in total. The highest BCUT2D eigenvalue weighted by Gasteiger charge is 2.05. The quantitative estimate of drug-likeness (QED) is 0.624. The zero-order chi connectivity index (χ0) is 15.8. The van der Waals surface area contributed by atoms with Gasteiger partial charge in [0.25, 0.3) is 0 Å². The van der Waals surface area contributed by atoms with E-state index >= 15 is 0 Å². The molecule has 21 heavy (non-hydrogen) atoms. The van der Waals surface area contributed by atoms with Crippen molar-refractivity contribution >= 4 is 40.5 Å². The van der Waals surface area contributed by atoms with Gasteiger partial charge in [-0.15, -0.1) is 0 Å². The summed E-state index contributed by atoms with van der Waals surface area (Å²) in [6.07, 6.45) is 0. The third kappa shape index (κ3) is 5.94. The summed E-state index contributed by atoms with van der Waals surface area (Å²) in [6, 6.07) is 12.0. The molecule has 0 aromatic heterocycles. The molecule has 0 aliphatic carbocycles. The van der Waals surface area contributed by atoms with E-state index in [0.717, 1.165) is 5.69 Å². The van der Waals surface area contributed by atoms with Crippen LogP contribution in [0.15, 0.2) is 42.5 Å². The van der Waals surface area contributed by atoms with Crippen molar-refractivity contribution in [2.24, 2.45) is 0 Å². The van der Waals surface area contributed by atoms with Gasteiger partial charge < -0.3 is 15.2 Å². The third-order valence-electron chi connectivity index (χ3n) is 2.39. The lowest BCUT2D eigenvalue weighted by atomic mass is 10.2. The first-order valence-corrected chi connectivity index (χ1v) is 6.74. The molecular weight excluding hydrogens is 313 g/mol. The maximum atomic E-state index is 9.59. The number of hydrogen-bond donors (Lipinski definition) is 2. The van der Waals surface area contributed by atoms with Crippen LogP contribution < -0.4 is 5.32 Å². The van der Waals surface area contributed by atoms with Gasteiger partial charge in [0, 0.05) is 12.6 Å². The van der Waals surface area contributed by atoms with Gasteiger partial charge in [-0.05, 0) is 36.4 Å². The van der Waals surface area contributed by atoms with Crippen LogP contribution in [0.2, 0.25) is 10.0 Å². The summed E-state index contributed by atoms with van der Waals surface area (Å²) in [5.74, 6) is -0.0270. The second kappa shape index (κ2) is 8.39. The van der Waals surface area contributed by atoms with E-state index in [1.807, 2.05) is 0 Å². The summed E-state index contributed by atoms with van der Waals surface area (Å²) in [4.78, 5) is 9.59. The number of aromatic hydroxyl groups is 1. The molecule has 112 valence electrons. The normalized spacial score (nSPS) is 9.33. The Morgan fingerprint density at radius 1 is 1.10 bits per heavy atom. The number of anilines is 2. The standard InChI is InChI=1S/C12H9Cl2NO.C3H6O2/c13-10-2-1-3-11(14)12(10)15-8-4-6-9(16)7-5-8;1-3(4)5-2/h1-7,15-16H;1-2H3. The Hall–Kier alpha value is -1.91. The molecular formula is C15H15Cl2NO3. The van der Waals surface area contributed by atoms with E-state index < -0.39 is 0 Å². The van der Waals surface area contributed by atoms with Gasteiger partial charge in [0.15, 0.2) is 0 Å². The fraction of sp³-hybridized carbons (Fsp3) is 0.133. The number of carbonyl (C=O) groups is 1. The van der Waals surface area contributed by atoms with Crippen molar-refractivity contribution in [2.45, 2.75) is 6.92 Å². The maximum absolute atomic E-state index is 9.59. The topological polar surface area (TPSA) is 58.6 Å². The number of phenolic OH excluding ortho intramolecular Hbond substituents is 1. The number of carbonyl (C=O) groups excluding carboxylic acids is 1. The number of esters is 1. The summed E-state index contributed by atoms with van der Waals surface area (Å²) in [5, 5.41) is 13.4. The van der Waals surface area contributed by atoms with E-state index in [9.17, 15) is 4.79 Å². The number of ether oxygens (including phenoxy) is 1. The predicted molar refractivity (Wildman–Crippen MR) is 85.5 cm³/mol. The van der Waals surface area contributed by atoms with Crippen molar-refractivity contribution in [3.05, 3.63) is 52.5 Å². The SMILES string of the molecule is COC(C)=O.Oc1ccc(Nc2c(Cl)cccc2Cl)cc1. The molecule has 0 bridgehead atoms. The van der Waals surface area contributed by atoms with Crippen LogP contribution in [0.1, 0.15) is 6.92 Å². The molecule has 0 unspecified atom stereocenters. The number of nitrogens with one attached hydrogen (secondary N) is 1. The van der Waals surface area contributed by atoms with Crippen LogP contribution in [0.3, 0.4) is 0 Å². The molecule has 0 radical (unpaired) electrons. The molecule has 0 saturated carbocycles. The molecule has 2 rings (SSSR count). The van der Waals surface area contributed by atoms with E-state index in [1.165, 1.54) is 14.0 Å². The van der Waals surface area contributed by atoms with Crippen molar-refractivity contribution in [1.29, 1.82) is 0 Å². The van der Waals surface area contributed by atoms with Crippen molar-refractivity contribution in [3.8, 4) is 5.75 Å². The van der Waals surface area contributed by atoms with Crippen molar-refractivity contribution < 1.29 is 14.6 Å². The summed E-state index contributed by atoms with van der Waals surface area (Å²) in [6.45, 7) is 1.36. The van der Waals surface area contributed by atoms with Gasteiger partial charge in [0.1, 0.15) is 5.75 Å². The summed E-state index contributed by atoms with van der Waals surface area (Å²) < 4.78 is 4.11. The van der Waals surface area contributed by atoms with Gasteiger partial charge in [0.2, 0.25) is 0 Å². The molecule has 0 heterocycles. The fourth-order valence-electron chi connectivity index (χ4n) is 1.31. The Kier molecular flexibility index (Phi) is 6.85. The van der Waals surface area contributed by atoms with Crippen LogP contribution in [-0.2, 0) is 9.53 Å². The highest BCUT2D eigenvalue weighted by atomic mass is 35.5. The van der Waals surface area contributed by atoms with E-state index in [1.54, 1.807) is 42.5 Å². The van der Waals surface area contributed by atoms with Crippen LogP contribution in [0.4, 0.5) is 11.4 Å². The Bertz CT molecular complexity index is 580. The number of phenols is 1. The van der Waals surface area contributed by atoms with E-state index in [-0.39, 0.29) is 11.7 Å². The fourth-order valence-corrected chi connectivity index (χ4v) is 1.80. The third-order valence-corrected chi connectivity index (χ3v) is 3.02. The molecule has 2 N–H and O–H groups in total. The van der Waals surface area contributed by atoms with E-state index in [2.05, 4.69) is 10.1 Å². The zero-order valence-corrected chi connectivity index (χ0v) is 13.1. The minimum absolute atomic E-state index is 0.218. The average molecular weight is 328 g/mol. The first-order valence-electron chi connectivity index (χ1n) is 5.98. The largest absolute Gasteiger partial charge is 0.508 e. The maximum Gasteiger partial charge on any atom is 0.302 e. The molecule has 0 fully saturated rings. The lowest BCUT2D eigenvalue weighted by molar-refractivity contribution is -0.137. The van der Waals surface area contributed by atoms with Gasteiger partial charge in [-0.1, -0.05) is 29.3 Å². The predicted octanol–water partition coefficient (Wildman–Crippen LogP) is 4.62. The number of methoxy groups -OCH3 is 1. The smallest absolute Gasteiger partial charge is 0.302 e. The lowest BCUT2D eigenvalue weighted by Gasteiger charge is -2.10. The van der Waals surface area contributed by atoms with Crippen molar-refractivity contribution in [2.75, 3.05) is 12.4 Å². The van der Waals surface area contributed by atoms with Crippen LogP contribution in [0, 0.1) is 0 Å². The Morgan fingerprint density at radius 3 is 2.00 bits per heavy atom. The van der Waals surface area contributed by atoms with Gasteiger partial charge in [0.05, 0.1) is 22.8 Å². The first-order chi connectivity index (χ1) is 9.93. The molecule has 6 heteroatoms. The second-order valence-corrected chi connectivity index (χ2v) is 4.78. The summed E-state index contributed by atoms with van der Waals surface area (Å²) in [7, 11) is 1.35. The summed E-state index contributed by atoms with van der Waals surface area (Å²) in [5.41, 5.74) is 1.48. The number of halogens is 2. The molecule has 0 amide bonds. The first kappa shape index (κ1) is 17.1. The van der Waals surface area contributed by atoms with Crippen molar-refractivity contribution in [3.63, 3.8) is 0 Å². The van der Waals surface area contributed by atoms with Crippen molar-refractivity contribution in [1.82, 2.24) is 0 Å². The lowest BCUT2D eigenvalue weighted by Crippen LogP contribution is -1.91. The monoisotopic (exact) mass is 327 g/mol. The average Bonchev–Trinajstić information content (AvgIpc) is 2.46. The molecule has 0 saturated heterocycles. The number of para-hydroxylation sites is 1. The van der Waals surface area contributed by atoms with E-state index in [0.29, 0.717) is 15.7 Å². The Labute approximate surface area is 133 Å². The van der Waals surface area contributed by atoms with Crippen LogP contribution >= 0.6 is 23.2 Å². The number of benzene rings is 2. The van der Waals surface area contributed by atoms with Gasteiger partial charge in [-0.3, -0.25) is 4.79 Å². The summed E-state index contributed by atoms with van der Waals surface area (Å²) >= 11 is 12.0. The molecule has 2 aromatic carbocycles. The number of hydrogen-bond acceptors (Lipinski definition) is 4. The molecule has 0 spiro atoms. The van der Waals surface area contributed by atoms with Gasteiger partial charge in [-0.25, -0.2) is 0 Å². The van der Waals surface area contributed by atoms with Gasteiger partial charge in [-0.2, -0.15) is 0 Å². The highest BCUT2D eigenvalue weighted by molar-refractivity contribution is 6.39. The minimum atomic E-state index is -0.245. The zero-order valence-electron chi connectivity index (χ0n) is 11.6. The molecule has 0 aliphatic heterocycles. The second-order valence-electron chi connectivity index (χ2n) is 3.96. The Morgan fingerprint density at radius 2 is 1.57 bits per heavy atom. The Balaban J connectivity index is 0.000000383. The van der Waals surface area contributed by atoms with E-state index in [4.69, 9.17) is 28.3 Å². The molecule has 0 aliphatic rings.